The number of hydrogen-bond donors (Lipinski definition) is 1. The maximum absolute atomic E-state index is 13.3. The van der Waals surface area contributed by atoms with Crippen LogP contribution in [0.2, 0.25) is 5.02 Å². The Morgan fingerprint density at radius 2 is 1.60 bits per heavy atom. The standard InChI is InChI=1S/C25H18ClN3O/c1-16-19(20-6-2-4-8-22(20)27-16)14-15-24-28-23-9-5-3-7-21(23)25(30)29(24)18-12-10-17(26)11-13-18/h2-15,27H,1H3. The Kier molecular flexibility index (Phi) is 4.49. The average Bonchev–Trinajstić information content (AvgIpc) is 3.08. The topological polar surface area (TPSA) is 50.7 Å². The number of aromatic nitrogens is 3. The molecule has 4 nitrogen and oxygen atoms in total. The number of para-hydroxylation sites is 2. The van der Waals surface area contributed by atoms with Gasteiger partial charge in [-0.05, 0) is 61.5 Å². The highest BCUT2D eigenvalue weighted by atomic mass is 35.5. The molecule has 0 fully saturated rings. The third-order valence-corrected chi connectivity index (χ3v) is 5.48. The Balaban J connectivity index is 1.74. The predicted octanol–water partition coefficient (Wildman–Crippen LogP) is 6.00. The van der Waals surface area contributed by atoms with Crippen molar-refractivity contribution in [2.75, 3.05) is 0 Å². The molecule has 30 heavy (non-hydrogen) atoms. The summed E-state index contributed by atoms with van der Waals surface area (Å²) in [5, 5.41) is 2.33. The van der Waals surface area contributed by atoms with Crippen molar-refractivity contribution in [2.45, 2.75) is 6.92 Å². The minimum Gasteiger partial charge on any atom is -0.358 e. The smallest absolute Gasteiger partial charge is 0.266 e. The molecule has 0 aliphatic rings. The van der Waals surface area contributed by atoms with Crippen molar-refractivity contribution in [3.8, 4) is 5.69 Å². The van der Waals surface area contributed by atoms with Gasteiger partial charge >= 0.3 is 0 Å². The average molecular weight is 412 g/mol. The molecule has 0 bridgehead atoms. The van der Waals surface area contributed by atoms with E-state index >= 15 is 0 Å². The van der Waals surface area contributed by atoms with Crippen LogP contribution in [0, 0.1) is 6.92 Å². The number of benzene rings is 3. The molecule has 0 spiro atoms. The van der Waals surface area contributed by atoms with E-state index < -0.39 is 0 Å². The van der Waals surface area contributed by atoms with Crippen molar-refractivity contribution in [2.24, 2.45) is 0 Å². The predicted molar refractivity (Wildman–Crippen MR) is 124 cm³/mol. The number of hydrogen-bond acceptors (Lipinski definition) is 2. The third-order valence-electron chi connectivity index (χ3n) is 5.23. The zero-order valence-electron chi connectivity index (χ0n) is 16.3. The summed E-state index contributed by atoms with van der Waals surface area (Å²) in [5.74, 6) is 0.561. The summed E-state index contributed by atoms with van der Waals surface area (Å²) >= 11 is 6.05. The van der Waals surface area contributed by atoms with Gasteiger partial charge in [0, 0.05) is 27.2 Å². The Morgan fingerprint density at radius 3 is 2.40 bits per heavy atom. The van der Waals surface area contributed by atoms with E-state index in [0.29, 0.717) is 21.7 Å². The van der Waals surface area contributed by atoms with Gasteiger partial charge in [0.1, 0.15) is 5.82 Å². The number of fused-ring (bicyclic) bond motifs is 2. The van der Waals surface area contributed by atoms with Crippen LogP contribution in [0.3, 0.4) is 0 Å². The van der Waals surface area contributed by atoms with Gasteiger partial charge in [0.15, 0.2) is 0 Å². The lowest BCUT2D eigenvalue weighted by atomic mass is 10.1. The lowest BCUT2D eigenvalue weighted by molar-refractivity contribution is 0.944. The zero-order chi connectivity index (χ0) is 20.7. The van der Waals surface area contributed by atoms with Crippen LogP contribution in [0.25, 0.3) is 39.6 Å². The van der Waals surface area contributed by atoms with Crippen molar-refractivity contribution < 1.29 is 0 Å². The van der Waals surface area contributed by atoms with Crippen LogP contribution in [-0.2, 0) is 0 Å². The first-order valence-electron chi connectivity index (χ1n) is 9.65. The molecule has 0 amide bonds. The molecule has 2 aromatic heterocycles. The SMILES string of the molecule is Cc1[nH]c2ccccc2c1C=Cc1nc2ccccc2c(=O)n1-c1ccc(Cl)cc1. The monoisotopic (exact) mass is 411 g/mol. The van der Waals surface area contributed by atoms with Crippen LogP contribution >= 0.6 is 11.6 Å². The van der Waals surface area contributed by atoms with E-state index in [1.165, 1.54) is 0 Å². The summed E-state index contributed by atoms with van der Waals surface area (Å²) in [6, 6.07) is 22.8. The Morgan fingerprint density at radius 1 is 0.900 bits per heavy atom. The van der Waals surface area contributed by atoms with Gasteiger partial charge in [-0.1, -0.05) is 41.9 Å². The minimum atomic E-state index is -0.113. The highest BCUT2D eigenvalue weighted by Gasteiger charge is 2.12. The van der Waals surface area contributed by atoms with Crippen molar-refractivity contribution in [3.05, 3.63) is 105 Å². The molecular weight excluding hydrogens is 394 g/mol. The van der Waals surface area contributed by atoms with Gasteiger partial charge in [0.05, 0.1) is 16.6 Å². The molecular formula is C25H18ClN3O. The van der Waals surface area contributed by atoms with Gasteiger partial charge in [-0.25, -0.2) is 4.98 Å². The normalized spacial score (nSPS) is 11.7. The summed E-state index contributed by atoms with van der Waals surface area (Å²) in [6.45, 7) is 2.04. The fourth-order valence-electron chi connectivity index (χ4n) is 3.77. The van der Waals surface area contributed by atoms with Crippen molar-refractivity contribution in [1.29, 1.82) is 0 Å². The zero-order valence-corrected chi connectivity index (χ0v) is 17.0. The van der Waals surface area contributed by atoms with Crippen LogP contribution in [0.5, 0.6) is 0 Å². The van der Waals surface area contributed by atoms with Crippen LogP contribution < -0.4 is 5.56 Å². The fourth-order valence-corrected chi connectivity index (χ4v) is 3.90. The van der Waals surface area contributed by atoms with Gasteiger partial charge in [0.25, 0.3) is 5.56 Å². The lowest BCUT2D eigenvalue weighted by Crippen LogP contribution is -2.22. The lowest BCUT2D eigenvalue weighted by Gasteiger charge is -2.11. The Bertz CT molecular complexity index is 1480. The van der Waals surface area contributed by atoms with Gasteiger partial charge < -0.3 is 4.98 Å². The highest BCUT2D eigenvalue weighted by Crippen LogP contribution is 2.24. The molecule has 0 saturated heterocycles. The molecule has 2 heterocycles. The van der Waals surface area contributed by atoms with Crippen molar-refractivity contribution in [1.82, 2.24) is 14.5 Å². The first-order chi connectivity index (χ1) is 14.6. The Labute approximate surface area is 178 Å². The van der Waals surface area contributed by atoms with E-state index in [1.807, 2.05) is 61.5 Å². The third kappa shape index (κ3) is 3.11. The van der Waals surface area contributed by atoms with Gasteiger partial charge in [0.2, 0.25) is 0 Å². The van der Waals surface area contributed by atoms with Gasteiger partial charge in [-0.15, -0.1) is 0 Å². The molecule has 146 valence electrons. The number of halogens is 1. The maximum atomic E-state index is 13.3. The maximum Gasteiger partial charge on any atom is 0.266 e. The summed E-state index contributed by atoms with van der Waals surface area (Å²) < 4.78 is 1.62. The van der Waals surface area contributed by atoms with Crippen LogP contribution in [0.15, 0.2) is 77.6 Å². The summed E-state index contributed by atoms with van der Waals surface area (Å²) in [4.78, 5) is 21.5. The van der Waals surface area contributed by atoms with E-state index in [4.69, 9.17) is 16.6 Å². The number of nitrogens with zero attached hydrogens (tertiary/aromatic N) is 2. The number of nitrogens with one attached hydrogen (secondary N) is 1. The molecule has 5 heteroatoms. The largest absolute Gasteiger partial charge is 0.358 e. The second-order valence-electron chi connectivity index (χ2n) is 7.15. The van der Waals surface area contributed by atoms with Gasteiger partial charge in [-0.3, -0.25) is 9.36 Å². The molecule has 0 unspecified atom stereocenters. The fraction of sp³-hybridized carbons (Fsp3) is 0.0400. The van der Waals surface area contributed by atoms with Crippen molar-refractivity contribution >= 4 is 45.6 Å². The molecule has 5 aromatic rings. The summed E-state index contributed by atoms with van der Waals surface area (Å²) in [7, 11) is 0. The summed E-state index contributed by atoms with van der Waals surface area (Å²) in [5.41, 5.74) is 4.50. The molecule has 0 aliphatic heterocycles. The van der Waals surface area contributed by atoms with E-state index in [9.17, 15) is 4.79 Å². The number of aromatic amines is 1. The number of aryl methyl sites for hydroxylation is 1. The van der Waals surface area contributed by atoms with Crippen LogP contribution in [0.1, 0.15) is 17.1 Å². The second-order valence-corrected chi connectivity index (χ2v) is 7.58. The molecule has 1 N–H and O–H groups in total. The molecule has 5 rings (SSSR count). The minimum absolute atomic E-state index is 0.113. The molecule has 3 aromatic carbocycles. The molecule has 0 radical (unpaired) electrons. The first-order valence-corrected chi connectivity index (χ1v) is 10.0. The number of rotatable bonds is 3. The van der Waals surface area contributed by atoms with E-state index in [2.05, 4.69) is 17.1 Å². The molecule has 0 atom stereocenters. The van der Waals surface area contributed by atoms with Crippen LogP contribution in [0.4, 0.5) is 0 Å². The van der Waals surface area contributed by atoms with E-state index in [1.54, 1.807) is 22.8 Å². The molecule has 0 saturated carbocycles. The second kappa shape index (κ2) is 7.32. The van der Waals surface area contributed by atoms with Gasteiger partial charge in [-0.2, -0.15) is 0 Å². The van der Waals surface area contributed by atoms with E-state index in [-0.39, 0.29) is 5.56 Å². The number of H-pyrrole nitrogens is 1. The van der Waals surface area contributed by atoms with E-state index in [0.717, 1.165) is 27.8 Å². The van der Waals surface area contributed by atoms with Crippen molar-refractivity contribution in [3.63, 3.8) is 0 Å². The quantitative estimate of drug-likeness (QED) is 0.396. The Hall–Kier alpha value is -3.63. The molecule has 0 aliphatic carbocycles. The summed E-state index contributed by atoms with van der Waals surface area (Å²) in [6.07, 6.45) is 3.90. The first kappa shape index (κ1) is 18.4. The van der Waals surface area contributed by atoms with Crippen LogP contribution in [-0.4, -0.2) is 14.5 Å². The highest BCUT2D eigenvalue weighted by molar-refractivity contribution is 6.30.